The number of rotatable bonds is 3. The summed E-state index contributed by atoms with van der Waals surface area (Å²) in [6.45, 7) is 4.35. The lowest BCUT2D eigenvalue weighted by Gasteiger charge is -2.32. The fourth-order valence-electron chi connectivity index (χ4n) is 4.46. The summed E-state index contributed by atoms with van der Waals surface area (Å²) >= 11 is 3.43. The number of benzene rings is 1. The predicted octanol–water partition coefficient (Wildman–Crippen LogP) is 4.07. The standard InChI is InChI=1S/C18H19BrN2O2/c1-17(2)12-7-8-18(17,14(22)10-12)16-20-15(21-23-16)9-11-3-5-13(19)6-4-11/h3-6,12H,7-10H2,1-2H3/t12-,18+/m1/s1. The van der Waals surface area contributed by atoms with Gasteiger partial charge in [-0.15, -0.1) is 0 Å². The highest BCUT2D eigenvalue weighted by Crippen LogP contribution is 2.64. The van der Waals surface area contributed by atoms with Gasteiger partial charge in [0.05, 0.1) is 0 Å². The number of fused-ring (bicyclic) bond motifs is 2. The maximum atomic E-state index is 12.6. The van der Waals surface area contributed by atoms with Crippen LogP contribution in [0.15, 0.2) is 33.3 Å². The second-order valence-electron chi connectivity index (χ2n) is 7.31. The van der Waals surface area contributed by atoms with Crippen molar-refractivity contribution in [1.82, 2.24) is 10.1 Å². The highest BCUT2D eigenvalue weighted by atomic mass is 79.9. The average molecular weight is 375 g/mol. The first-order valence-corrected chi connectivity index (χ1v) is 8.83. The lowest BCUT2D eigenvalue weighted by molar-refractivity contribution is -0.125. The lowest BCUT2D eigenvalue weighted by Crippen LogP contribution is -2.40. The molecule has 4 rings (SSSR count). The third-order valence-electron chi connectivity index (χ3n) is 6.00. The zero-order valence-electron chi connectivity index (χ0n) is 13.3. The van der Waals surface area contributed by atoms with E-state index in [1.165, 1.54) is 0 Å². The Morgan fingerprint density at radius 3 is 2.65 bits per heavy atom. The molecule has 2 aromatic rings. The highest BCUT2D eigenvalue weighted by Gasteiger charge is 2.67. The molecular weight excluding hydrogens is 356 g/mol. The van der Waals surface area contributed by atoms with Crippen LogP contribution in [0.4, 0.5) is 0 Å². The number of aromatic nitrogens is 2. The molecule has 1 aromatic heterocycles. The minimum atomic E-state index is -0.567. The van der Waals surface area contributed by atoms with Crippen molar-refractivity contribution >= 4 is 21.7 Å². The van der Waals surface area contributed by atoms with Gasteiger partial charge in [0.1, 0.15) is 11.2 Å². The molecule has 1 heterocycles. The summed E-state index contributed by atoms with van der Waals surface area (Å²) in [4.78, 5) is 17.3. The van der Waals surface area contributed by atoms with E-state index in [-0.39, 0.29) is 11.2 Å². The van der Waals surface area contributed by atoms with Crippen LogP contribution >= 0.6 is 15.9 Å². The molecule has 0 N–H and O–H groups in total. The Hall–Kier alpha value is -1.49. The number of carbonyl (C=O) groups is 1. The summed E-state index contributed by atoms with van der Waals surface area (Å²) in [5.74, 6) is 1.89. The molecule has 120 valence electrons. The number of halogens is 1. The molecule has 4 nitrogen and oxygen atoms in total. The lowest BCUT2D eigenvalue weighted by atomic mass is 9.69. The number of ketones is 1. The van der Waals surface area contributed by atoms with E-state index in [0.29, 0.717) is 30.5 Å². The van der Waals surface area contributed by atoms with Gasteiger partial charge in [-0.3, -0.25) is 4.79 Å². The number of hydrogen-bond donors (Lipinski definition) is 0. The Balaban J connectivity index is 1.65. The van der Waals surface area contributed by atoms with E-state index < -0.39 is 5.41 Å². The zero-order valence-corrected chi connectivity index (χ0v) is 14.9. The molecule has 0 amide bonds. The van der Waals surface area contributed by atoms with Gasteiger partial charge in [0, 0.05) is 17.3 Å². The van der Waals surface area contributed by atoms with Gasteiger partial charge in [-0.2, -0.15) is 4.98 Å². The summed E-state index contributed by atoms with van der Waals surface area (Å²) in [5.41, 5.74) is 0.466. The van der Waals surface area contributed by atoms with E-state index in [1.54, 1.807) is 0 Å². The monoisotopic (exact) mass is 374 g/mol. The molecule has 23 heavy (non-hydrogen) atoms. The Bertz CT molecular complexity index is 766. The van der Waals surface area contributed by atoms with Crippen LogP contribution in [0.3, 0.4) is 0 Å². The Morgan fingerprint density at radius 2 is 2.04 bits per heavy atom. The van der Waals surface area contributed by atoms with Crippen molar-refractivity contribution < 1.29 is 9.32 Å². The van der Waals surface area contributed by atoms with Crippen LogP contribution in [0.2, 0.25) is 0 Å². The number of carbonyl (C=O) groups excluding carboxylic acids is 1. The van der Waals surface area contributed by atoms with Crippen LogP contribution in [0.1, 0.15) is 50.4 Å². The smallest absolute Gasteiger partial charge is 0.240 e. The van der Waals surface area contributed by atoms with Crippen LogP contribution in [0.25, 0.3) is 0 Å². The highest BCUT2D eigenvalue weighted by molar-refractivity contribution is 9.10. The first-order valence-electron chi connectivity index (χ1n) is 8.04. The SMILES string of the molecule is CC1(C)[C@@H]2CC[C@@]1(c1nc(Cc3ccc(Br)cc3)no1)C(=O)C2. The molecule has 2 atom stereocenters. The minimum absolute atomic E-state index is 0.0918. The Kier molecular flexibility index (Phi) is 3.28. The normalized spacial score (nSPS) is 28.5. The first-order chi connectivity index (χ1) is 10.9. The van der Waals surface area contributed by atoms with Gasteiger partial charge < -0.3 is 4.52 Å². The summed E-state index contributed by atoms with van der Waals surface area (Å²) in [6, 6.07) is 8.07. The summed E-state index contributed by atoms with van der Waals surface area (Å²) < 4.78 is 6.63. The molecule has 0 unspecified atom stereocenters. The number of nitrogens with zero attached hydrogens (tertiary/aromatic N) is 2. The molecular formula is C18H19BrN2O2. The third-order valence-corrected chi connectivity index (χ3v) is 6.53. The van der Waals surface area contributed by atoms with Gasteiger partial charge in [0.2, 0.25) is 5.89 Å². The fraction of sp³-hybridized carbons (Fsp3) is 0.500. The maximum absolute atomic E-state index is 12.6. The third kappa shape index (κ3) is 2.05. The van der Waals surface area contributed by atoms with Crippen molar-refractivity contribution in [2.24, 2.45) is 11.3 Å². The van der Waals surface area contributed by atoms with Crippen molar-refractivity contribution in [3.63, 3.8) is 0 Å². The van der Waals surface area contributed by atoms with Crippen molar-refractivity contribution in [3.05, 3.63) is 46.0 Å². The molecule has 0 radical (unpaired) electrons. The van der Waals surface area contributed by atoms with Gasteiger partial charge in [0.25, 0.3) is 0 Å². The van der Waals surface area contributed by atoms with E-state index in [9.17, 15) is 4.79 Å². The summed E-state index contributed by atoms with van der Waals surface area (Å²) in [7, 11) is 0. The Morgan fingerprint density at radius 1 is 1.30 bits per heavy atom. The van der Waals surface area contributed by atoms with Crippen LogP contribution in [-0.2, 0) is 16.6 Å². The van der Waals surface area contributed by atoms with Crippen LogP contribution in [0, 0.1) is 11.3 Å². The molecule has 0 spiro atoms. The summed E-state index contributed by atoms with van der Waals surface area (Å²) in [6.07, 6.45) is 3.18. The van der Waals surface area contributed by atoms with E-state index in [1.807, 2.05) is 24.3 Å². The quantitative estimate of drug-likeness (QED) is 0.812. The summed E-state index contributed by atoms with van der Waals surface area (Å²) in [5, 5.41) is 4.14. The zero-order chi connectivity index (χ0) is 16.2. The number of Topliss-reactive ketones (excluding diaryl/α,β-unsaturated/α-hetero) is 1. The van der Waals surface area contributed by atoms with Gasteiger partial charge in [-0.25, -0.2) is 0 Å². The molecule has 2 fully saturated rings. The molecule has 2 saturated carbocycles. The number of hydrogen-bond acceptors (Lipinski definition) is 4. The van der Waals surface area contributed by atoms with Gasteiger partial charge in [-0.1, -0.05) is 47.1 Å². The second-order valence-corrected chi connectivity index (χ2v) is 8.22. The fourth-order valence-corrected chi connectivity index (χ4v) is 4.73. The predicted molar refractivity (Wildman–Crippen MR) is 89.1 cm³/mol. The van der Waals surface area contributed by atoms with Crippen molar-refractivity contribution in [3.8, 4) is 0 Å². The maximum Gasteiger partial charge on any atom is 0.240 e. The molecule has 2 bridgehead atoms. The molecule has 2 aliphatic rings. The Labute approximate surface area is 143 Å². The molecule has 5 heteroatoms. The van der Waals surface area contributed by atoms with Gasteiger partial charge in [0.15, 0.2) is 5.82 Å². The minimum Gasteiger partial charge on any atom is -0.338 e. The van der Waals surface area contributed by atoms with Crippen molar-refractivity contribution in [2.45, 2.75) is 44.9 Å². The van der Waals surface area contributed by atoms with Crippen LogP contribution in [-0.4, -0.2) is 15.9 Å². The second kappa shape index (κ2) is 5.00. The van der Waals surface area contributed by atoms with Crippen molar-refractivity contribution in [2.75, 3.05) is 0 Å². The van der Waals surface area contributed by atoms with E-state index >= 15 is 0 Å². The molecule has 1 aromatic carbocycles. The first kappa shape index (κ1) is 15.1. The molecule has 2 aliphatic carbocycles. The molecule has 0 aliphatic heterocycles. The van der Waals surface area contributed by atoms with Crippen molar-refractivity contribution in [1.29, 1.82) is 0 Å². The van der Waals surface area contributed by atoms with E-state index in [2.05, 4.69) is 39.9 Å². The average Bonchev–Trinajstić information content (AvgIpc) is 3.12. The van der Waals surface area contributed by atoms with E-state index in [0.717, 1.165) is 22.9 Å². The van der Waals surface area contributed by atoms with Crippen LogP contribution < -0.4 is 0 Å². The van der Waals surface area contributed by atoms with Gasteiger partial charge >= 0.3 is 0 Å². The largest absolute Gasteiger partial charge is 0.338 e. The van der Waals surface area contributed by atoms with E-state index in [4.69, 9.17) is 4.52 Å². The van der Waals surface area contributed by atoms with Gasteiger partial charge in [-0.05, 0) is 41.9 Å². The molecule has 0 saturated heterocycles. The topological polar surface area (TPSA) is 56.0 Å². The van der Waals surface area contributed by atoms with Crippen LogP contribution in [0.5, 0.6) is 0 Å².